The van der Waals surface area contributed by atoms with Crippen molar-refractivity contribution in [3.05, 3.63) is 58.9 Å². The average Bonchev–Trinajstić information content (AvgIpc) is 2.72. The molecule has 8 nitrogen and oxygen atoms in total. The minimum Gasteiger partial charge on any atom is -0.489 e. The summed E-state index contributed by atoms with van der Waals surface area (Å²) in [5.41, 5.74) is 0.354. The molecule has 3 N–H and O–H groups in total. The summed E-state index contributed by atoms with van der Waals surface area (Å²) in [4.78, 5) is 12.0. The van der Waals surface area contributed by atoms with Crippen LogP contribution in [0, 0.1) is 5.82 Å². The molecule has 1 unspecified atom stereocenters. The van der Waals surface area contributed by atoms with Crippen LogP contribution in [0.3, 0.4) is 0 Å². The fourth-order valence-corrected chi connectivity index (χ4v) is 5.49. The molecule has 2 aromatic carbocycles. The van der Waals surface area contributed by atoms with Gasteiger partial charge >= 0.3 is 0 Å². The highest BCUT2D eigenvalue weighted by Gasteiger charge is 2.49. The van der Waals surface area contributed by atoms with Crippen molar-refractivity contribution in [1.82, 2.24) is 9.79 Å². The summed E-state index contributed by atoms with van der Waals surface area (Å²) in [6.45, 7) is 1.42. The predicted octanol–water partition coefficient (Wildman–Crippen LogP) is 2.47. The van der Waals surface area contributed by atoms with Crippen LogP contribution in [0.1, 0.15) is 25.3 Å². The molecule has 1 aliphatic rings. The van der Waals surface area contributed by atoms with Gasteiger partial charge in [0, 0.05) is 12.1 Å². The first-order valence-electron chi connectivity index (χ1n) is 9.41. The first-order valence-corrected chi connectivity index (χ1v) is 11.2. The number of nitrogens with one attached hydrogen (secondary N) is 1. The van der Waals surface area contributed by atoms with Gasteiger partial charge in [-0.1, -0.05) is 17.7 Å². The van der Waals surface area contributed by atoms with Crippen molar-refractivity contribution in [2.75, 3.05) is 6.54 Å². The third kappa shape index (κ3) is 4.99. The molecular weight excluding hydrogens is 451 g/mol. The lowest BCUT2D eigenvalue weighted by molar-refractivity contribution is -0.144. The number of carbonyl (C=O) groups excluding carboxylic acids is 1. The highest BCUT2D eigenvalue weighted by Crippen LogP contribution is 2.33. The topological polar surface area (TPSA) is 116 Å². The van der Waals surface area contributed by atoms with Gasteiger partial charge < -0.3 is 9.84 Å². The van der Waals surface area contributed by atoms with Gasteiger partial charge in [0.2, 0.25) is 10.0 Å². The van der Waals surface area contributed by atoms with Gasteiger partial charge in [-0.2, -0.15) is 4.31 Å². The van der Waals surface area contributed by atoms with Crippen LogP contribution in [0.5, 0.6) is 5.75 Å². The van der Waals surface area contributed by atoms with Crippen LogP contribution >= 0.6 is 11.6 Å². The van der Waals surface area contributed by atoms with Gasteiger partial charge in [-0.05, 0) is 56.2 Å². The van der Waals surface area contributed by atoms with Gasteiger partial charge in [-0.3, -0.25) is 10.0 Å². The Kier molecular flexibility index (Phi) is 6.87. The number of sulfonamides is 1. The molecule has 1 aliphatic heterocycles. The summed E-state index contributed by atoms with van der Waals surface area (Å²) in [5.74, 6) is -1.12. The molecule has 1 saturated heterocycles. The number of amides is 1. The van der Waals surface area contributed by atoms with Crippen LogP contribution < -0.4 is 10.2 Å². The van der Waals surface area contributed by atoms with Gasteiger partial charge in [0.15, 0.2) is 0 Å². The Hall–Kier alpha value is -2.24. The largest absolute Gasteiger partial charge is 0.489 e. The molecule has 0 aromatic heterocycles. The number of hydrogen-bond acceptors (Lipinski definition) is 6. The standard InChI is InChI=1S/C20H22ClFN2O6S/c1-20(26)9-2-10-24(18(20)19(25)23-27)31(28,29)16-7-5-15(6-8-16)30-12-13-3-4-14(22)11-17(13)21/h3-8,11,18,26-27H,2,9-10,12H2,1H3,(H,23,25)/t18-,20?/m0/s1. The Bertz CT molecular complexity index is 1060. The van der Waals surface area contributed by atoms with Gasteiger partial charge in [0.25, 0.3) is 5.91 Å². The molecule has 168 valence electrons. The van der Waals surface area contributed by atoms with Crippen LogP contribution in [-0.4, -0.2) is 47.1 Å². The molecule has 2 aromatic rings. The highest BCUT2D eigenvalue weighted by atomic mass is 35.5. The van der Waals surface area contributed by atoms with Crippen molar-refractivity contribution in [2.45, 2.75) is 42.9 Å². The first-order chi connectivity index (χ1) is 14.6. The van der Waals surface area contributed by atoms with Gasteiger partial charge in [0.05, 0.1) is 15.5 Å². The molecule has 1 heterocycles. The van der Waals surface area contributed by atoms with E-state index in [0.717, 1.165) is 4.31 Å². The Morgan fingerprint density at radius 2 is 2.00 bits per heavy atom. The SMILES string of the molecule is CC1(O)CCCN(S(=O)(=O)c2ccc(OCc3ccc(F)cc3Cl)cc2)[C@H]1C(=O)NO. The number of carbonyl (C=O) groups is 1. The van der Waals surface area contributed by atoms with Gasteiger partial charge in [-0.25, -0.2) is 18.3 Å². The zero-order valence-corrected chi connectivity index (χ0v) is 18.2. The maximum Gasteiger partial charge on any atom is 0.264 e. The zero-order valence-electron chi connectivity index (χ0n) is 16.6. The quantitative estimate of drug-likeness (QED) is 0.439. The minimum atomic E-state index is -4.15. The van der Waals surface area contributed by atoms with Gasteiger partial charge in [0.1, 0.15) is 24.2 Å². The number of hydrogen-bond donors (Lipinski definition) is 3. The third-order valence-corrected chi connectivity index (χ3v) is 7.37. The molecule has 2 atom stereocenters. The Labute approximate surface area is 184 Å². The number of rotatable bonds is 6. The van der Waals surface area contributed by atoms with Crippen molar-refractivity contribution in [3.63, 3.8) is 0 Å². The van der Waals surface area contributed by atoms with E-state index in [1.807, 2.05) is 0 Å². The van der Waals surface area contributed by atoms with E-state index >= 15 is 0 Å². The summed E-state index contributed by atoms with van der Waals surface area (Å²) < 4.78 is 45.9. The lowest BCUT2D eigenvalue weighted by Crippen LogP contribution is -2.62. The smallest absolute Gasteiger partial charge is 0.264 e. The van der Waals surface area contributed by atoms with E-state index in [-0.39, 0.29) is 29.5 Å². The van der Waals surface area contributed by atoms with E-state index in [1.165, 1.54) is 54.9 Å². The molecule has 31 heavy (non-hydrogen) atoms. The van der Waals surface area contributed by atoms with Crippen molar-refractivity contribution in [2.24, 2.45) is 0 Å². The lowest BCUT2D eigenvalue weighted by Gasteiger charge is -2.42. The second-order valence-electron chi connectivity index (χ2n) is 7.45. The summed E-state index contributed by atoms with van der Waals surface area (Å²) in [7, 11) is -4.15. The first kappa shape index (κ1) is 23.4. The van der Waals surface area contributed by atoms with E-state index in [9.17, 15) is 22.7 Å². The monoisotopic (exact) mass is 472 g/mol. The Balaban J connectivity index is 1.79. The van der Waals surface area contributed by atoms with E-state index in [0.29, 0.717) is 17.7 Å². The van der Waals surface area contributed by atoms with E-state index in [4.69, 9.17) is 21.5 Å². The van der Waals surface area contributed by atoms with Crippen LogP contribution in [0.2, 0.25) is 5.02 Å². The summed E-state index contributed by atoms with van der Waals surface area (Å²) in [6, 6.07) is 7.94. The van der Waals surface area contributed by atoms with Crippen LogP contribution in [0.25, 0.3) is 0 Å². The second kappa shape index (κ2) is 9.09. The molecule has 11 heteroatoms. The van der Waals surface area contributed by atoms with Crippen LogP contribution in [-0.2, 0) is 21.4 Å². The van der Waals surface area contributed by atoms with Crippen molar-refractivity contribution in [1.29, 1.82) is 0 Å². The highest BCUT2D eigenvalue weighted by molar-refractivity contribution is 7.89. The lowest BCUT2D eigenvalue weighted by atomic mass is 9.87. The molecule has 3 rings (SSSR count). The van der Waals surface area contributed by atoms with Crippen LogP contribution in [0.15, 0.2) is 47.4 Å². The van der Waals surface area contributed by atoms with E-state index < -0.39 is 33.4 Å². The summed E-state index contributed by atoms with van der Waals surface area (Å²) in [5, 5.41) is 19.8. The van der Waals surface area contributed by atoms with E-state index in [2.05, 4.69) is 0 Å². The fourth-order valence-electron chi connectivity index (χ4n) is 3.55. The normalized spacial score (nSPS) is 22.2. The molecule has 1 fully saturated rings. The third-order valence-electron chi connectivity index (χ3n) is 5.14. The molecule has 0 spiro atoms. The maximum atomic E-state index is 13.1. The minimum absolute atomic E-state index is 0.0118. The predicted molar refractivity (Wildman–Crippen MR) is 110 cm³/mol. The summed E-state index contributed by atoms with van der Waals surface area (Å²) >= 11 is 5.97. The molecular formula is C20H22ClFN2O6S. The second-order valence-corrected chi connectivity index (χ2v) is 9.75. The van der Waals surface area contributed by atoms with Crippen LogP contribution in [0.4, 0.5) is 4.39 Å². The molecule has 0 bridgehead atoms. The average molecular weight is 473 g/mol. The molecule has 0 aliphatic carbocycles. The van der Waals surface area contributed by atoms with Crippen molar-refractivity contribution in [3.8, 4) is 5.75 Å². The summed E-state index contributed by atoms with van der Waals surface area (Å²) in [6.07, 6.45) is 0.552. The van der Waals surface area contributed by atoms with E-state index in [1.54, 1.807) is 0 Å². The number of piperidine rings is 1. The number of benzene rings is 2. The molecule has 0 saturated carbocycles. The van der Waals surface area contributed by atoms with Crippen molar-refractivity contribution >= 4 is 27.5 Å². The molecule has 1 amide bonds. The Morgan fingerprint density at radius 1 is 1.32 bits per heavy atom. The number of nitrogens with zero attached hydrogens (tertiary/aromatic N) is 1. The Morgan fingerprint density at radius 3 is 2.61 bits per heavy atom. The number of aliphatic hydroxyl groups is 1. The number of hydroxylamine groups is 1. The molecule has 0 radical (unpaired) electrons. The number of ether oxygens (including phenoxy) is 1. The van der Waals surface area contributed by atoms with Crippen molar-refractivity contribution < 1.29 is 32.7 Å². The fraction of sp³-hybridized carbons (Fsp3) is 0.350. The zero-order chi connectivity index (χ0) is 22.8. The number of halogens is 2. The van der Waals surface area contributed by atoms with Gasteiger partial charge in [-0.15, -0.1) is 0 Å². The maximum absolute atomic E-state index is 13.1.